The summed E-state index contributed by atoms with van der Waals surface area (Å²) in [5, 5.41) is 8.83. The van der Waals surface area contributed by atoms with Gasteiger partial charge in [-0.15, -0.1) is 0 Å². The Labute approximate surface area is 195 Å². The number of hydrogen-bond donors (Lipinski definition) is 3. The summed E-state index contributed by atoms with van der Waals surface area (Å²) in [6.45, 7) is 5.58. The summed E-state index contributed by atoms with van der Waals surface area (Å²) in [6, 6.07) is 24.1. The van der Waals surface area contributed by atoms with Crippen LogP contribution in [0.15, 0.2) is 78.9 Å². The van der Waals surface area contributed by atoms with Crippen LogP contribution in [-0.2, 0) is 11.3 Å². The molecule has 0 radical (unpaired) electrons. The topological polar surface area (TPSA) is 79.5 Å². The molecule has 33 heavy (non-hydrogen) atoms. The largest absolute Gasteiger partial charge is 0.494 e. The van der Waals surface area contributed by atoms with E-state index >= 15 is 0 Å². The average molecular weight is 446 g/mol. The molecule has 3 aromatic rings. The van der Waals surface area contributed by atoms with Crippen molar-refractivity contribution in [1.29, 1.82) is 0 Å². The van der Waals surface area contributed by atoms with Crippen molar-refractivity contribution in [3.8, 4) is 5.75 Å². The molecule has 0 spiro atoms. The standard InChI is InChI=1S/C27H31N3O3/c1-20(2)15-16-33-25-10-6-9-24(17-25)28-19-26(31)30-23-13-11-22(12-14-23)27(32)29-18-21-7-4-3-5-8-21/h3-14,17,20,28H,15-16,18-19H2,1-2H3,(H,29,32)(H,30,31). The molecule has 0 aliphatic rings. The van der Waals surface area contributed by atoms with Crippen LogP contribution in [0.1, 0.15) is 36.2 Å². The van der Waals surface area contributed by atoms with Crippen LogP contribution in [0.3, 0.4) is 0 Å². The lowest BCUT2D eigenvalue weighted by Gasteiger charge is -2.11. The number of carbonyl (C=O) groups is 2. The van der Waals surface area contributed by atoms with Gasteiger partial charge < -0.3 is 20.7 Å². The SMILES string of the molecule is CC(C)CCOc1cccc(NCC(=O)Nc2ccc(C(=O)NCc3ccccc3)cc2)c1. The molecule has 0 atom stereocenters. The van der Waals surface area contributed by atoms with Crippen molar-refractivity contribution >= 4 is 23.2 Å². The Hall–Kier alpha value is -3.80. The van der Waals surface area contributed by atoms with E-state index in [1.165, 1.54) is 0 Å². The number of anilines is 2. The molecule has 0 aliphatic carbocycles. The molecule has 0 unspecified atom stereocenters. The predicted molar refractivity (Wildman–Crippen MR) is 133 cm³/mol. The molecule has 0 saturated heterocycles. The molecule has 0 bridgehead atoms. The van der Waals surface area contributed by atoms with Gasteiger partial charge in [-0.2, -0.15) is 0 Å². The molecule has 0 fully saturated rings. The van der Waals surface area contributed by atoms with E-state index in [0.717, 1.165) is 23.4 Å². The summed E-state index contributed by atoms with van der Waals surface area (Å²) in [5.41, 5.74) is 3.02. The van der Waals surface area contributed by atoms with E-state index < -0.39 is 0 Å². The number of rotatable bonds is 11. The second-order valence-corrected chi connectivity index (χ2v) is 8.21. The fourth-order valence-corrected chi connectivity index (χ4v) is 3.08. The monoisotopic (exact) mass is 445 g/mol. The lowest BCUT2D eigenvalue weighted by molar-refractivity contribution is -0.114. The van der Waals surface area contributed by atoms with E-state index in [-0.39, 0.29) is 18.4 Å². The lowest BCUT2D eigenvalue weighted by atomic mass is 10.1. The highest BCUT2D eigenvalue weighted by molar-refractivity contribution is 5.96. The van der Waals surface area contributed by atoms with E-state index in [1.54, 1.807) is 24.3 Å². The number of benzene rings is 3. The zero-order chi connectivity index (χ0) is 23.5. The van der Waals surface area contributed by atoms with Crippen molar-refractivity contribution in [2.75, 3.05) is 23.8 Å². The molecule has 3 rings (SSSR count). The van der Waals surface area contributed by atoms with E-state index in [1.807, 2.05) is 54.6 Å². The third kappa shape index (κ3) is 8.33. The van der Waals surface area contributed by atoms with Crippen LogP contribution in [0.2, 0.25) is 0 Å². The Morgan fingerprint density at radius 2 is 1.64 bits per heavy atom. The summed E-state index contributed by atoms with van der Waals surface area (Å²) in [4.78, 5) is 24.6. The summed E-state index contributed by atoms with van der Waals surface area (Å²) >= 11 is 0. The minimum Gasteiger partial charge on any atom is -0.494 e. The van der Waals surface area contributed by atoms with E-state index in [0.29, 0.717) is 30.3 Å². The van der Waals surface area contributed by atoms with Gasteiger partial charge in [-0.1, -0.05) is 50.2 Å². The molecule has 0 aliphatic heterocycles. The Bertz CT molecular complexity index is 1030. The van der Waals surface area contributed by atoms with Crippen molar-refractivity contribution in [3.05, 3.63) is 90.0 Å². The minimum absolute atomic E-state index is 0.120. The fraction of sp³-hybridized carbons (Fsp3) is 0.259. The van der Waals surface area contributed by atoms with Crippen LogP contribution in [0.4, 0.5) is 11.4 Å². The maximum Gasteiger partial charge on any atom is 0.251 e. The van der Waals surface area contributed by atoms with Crippen LogP contribution in [0, 0.1) is 5.92 Å². The second-order valence-electron chi connectivity index (χ2n) is 8.21. The van der Waals surface area contributed by atoms with Crippen molar-refractivity contribution in [2.24, 2.45) is 5.92 Å². The van der Waals surface area contributed by atoms with E-state index in [2.05, 4.69) is 29.8 Å². The van der Waals surface area contributed by atoms with Crippen molar-refractivity contribution in [3.63, 3.8) is 0 Å². The number of nitrogens with one attached hydrogen (secondary N) is 3. The molecule has 0 heterocycles. The van der Waals surface area contributed by atoms with Gasteiger partial charge in [0.2, 0.25) is 5.91 Å². The van der Waals surface area contributed by atoms with E-state index in [9.17, 15) is 9.59 Å². The molecule has 3 N–H and O–H groups in total. The zero-order valence-electron chi connectivity index (χ0n) is 19.1. The first-order valence-electron chi connectivity index (χ1n) is 11.2. The summed E-state index contributed by atoms with van der Waals surface area (Å²) in [5.74, 6) is 1.03. The molecule has 172 valence electrons. The highest BCUT2D eigenvalue weighted by Gasteiger charge is 2.07. The van der Waals surface area contributed by atoms with Crippen molar-refractivity contribution in [1.82, 2.24) is 5.32 Å². The number of amides is 2. The number of carbonyl (C=O) groups excluding carboxylic acids is 2. The smallest absolute Gasteiger partial charge is 0.251 e. The van der Waals surface area contributed by atoms with E-state index in [4.69, 9.17) is 4.74 Å². The van der Waals surface area contributed by atoms with Gasteiger partial charge in [-0.05, 0) is 54.3 Å². The normalized spacial score (nSPS) is 10.5. The van der Waals surface area contributed by atoms with Crippen LogP contribution < -0.4 is 20.7 Å². The maximum atomic E-state index is 12.3. The summed E-state index contributed by atoms with van der Waals surface area (Å²) < 4.78 is 5.76. The van der Waals surface area contributed by atoms with Gasteiger partial charge in [0, 0.05) is 29.5 Å². The quantitative estimate of drug-likeness (QED) is 0.384. The van der Waals surface area contributed by atoms with Gasteiger partial charge in [0.15, 0.2) is 0 Å². The molecular weight excluding hydrogens is 414 g/mol. The Morgan fingerprint density at radius 3 is 2.36 bits per heavy atom. The van der Waals surface area contributed by atoms with Crippen molar-refractivity contribution < 1.29 is 14.3 Å². The molecule has 6 heteroatoms. The highest BCUT2D eigenvalue weighted by Crippen LogP contribution is 2.18. The second kappa shape index (κ2) is 12.3. The first-order chi connectivity index (χ1) is 16.0. The highest BCUT2D eigenvalue weighted by atomic mass is 16.5. The summed E-state index contributed by atoms with van der Waals surface area (Å²) in [7, 11) is 0. The zero-order valence-corrected chi connectivity index (χ0v) is 19.1. The van der Waals surface area contributed by atoms with Gasteiger partial charge in [0.1, 0.15) is 5.75 Å². The van der Waals surface area contributed by atoms with Crippen LogP contribution in [0.25, 0.3) is 0 Å². The Balaban J connectivity index is 1.43. The molecule has 0 aromatic heterocycles. The Morgan fingerprint density at radius 1 is 0.879 bits per heavy atom. The minimum atomic E-state index is -0.178. The van der Waals surface area contributed by atoms with Crippen LogP contribution in [0.5, 0.6) is 5.75 Å². The lowest BCUT2D eigenvalue weighted by Crippen LogP contribution is -2.23. The Kier molecular flexibility index (Phi) is 8.88. The fourth-order valence-electron chi connectivity index (χ4n) is 3.08. The molecule has 2 amide bonds. The molecule has 0 saturated carbocycles. The van der Waals surface area contributed by atoms with Crippen LogP contribution in [-0.4, -0.2) is 25.0 Å². The predicted octanol–water partition coefficient (Wildman–Crippen LogP) is 5.09. The third-order valence-electron chi connectivity index (χ3n) is 4.98. The molecular formula is C27H31N3O3. The van der Waals surface area contributed by atoms with Gasteiger partial charge in [0.25, 0.3) is 5.91 Å². The van der Waals surface area contributed by atoms with Gasteiger partial charge in [-0.3, -0.25) is 9.59 Å². The average Bonchev–Trinajstić information content (AvgIpc) is 2.82. The molecule has 6 nitrogen and oxygen atoms in total. The van der Waals surface area contributed by atoms with Gasteiger partial charge in [-0.25, -0.2) is 0 Å². The third-order valence-corrected chi connectivity index (χ3v) is 4.98. The first-order valence-corrected chi connectivity index (χ1v) is 11.2. The first kappa shape index (κ1) is 23.9. The number of ether oxygens (including phenoxy) is 1. The van der Waals surface area contributed by atoms with Crippen LogP contribution >= 0.6 is 0 Å². The van der Waals surface area contributed by atoms with Crippen molar-refractivity contribution in [2.45, 2.75) is 26.8 Å². The molecule has 3 aromatic carbocycles. The van der Waals surface area contributed by atoms with Gasteiger partial charge >= 0.3 is 0 Å². The van der Waals surface area contributed by atoms with Gasteiger partial charge in [0.05, 0.1) is 13.2 Å². The maximum absolute atomic E-state index is 12.3. The summed E-state index contributed by atoms with van der Waals surface area (Å²) in [6.07, 6.45) is 0.994. The number of hydrogen-bond acceptors (Lipinski definition) is 4.